The molecule has 46 heavy (non-hydrogen) atoms. The number of pyridine rings is 1. The lowest BCUT2D eigenvalue weighted by Crippen LogP contribution is -2.45. The van der Waals surface area contributed by atoms with Gasteiger partial charge in [0.25, 0.3) is 0 Å². The van der Waals surface area contributed by atoms with Gasteiger partial charge in [-0.15, -0.1) is 0 Å². The molecule has 0 aliphatic carbocycles. The molecule has 2 atom stereocenters. The Balaban J connectivity index is 1.56. The topological polar surface area (TPSA) is 100 Å². The SMILES string of the molecule is COC(=O)[C@@H](OC(C)(C)C)c1c(C)nc2cc3nn2c1N1CCC(C)(CC1)OC/C=C/C(C)Oc1ccncc1-c1cccc-3c1. The molecule has 3 aromatic heterocycles. The number of nitrogens with zero attached hydrogens (tertiary/aromatic N) is 5. The highest BCUT2D eigenvalue weighted by Gasteiger charge is 2.38. The van der Waals surface area contributed by atoms with Crippen molar-refractivity contribution in [1.82, 2.24) is 19.6 Å². The van der Waals surface area contributed by atoms with E-state index in [1.807, 2.05) is 87.8 Å². The van der Waals surface area contributed by atoms with E-state index in [9.17, 15) is 4.79 Å². The van der Waals surface area contributed by atoms with Gasteiger partial charge < -0.3 is 23.8 Å². The second-order valence-corrected chi connectivity index (χ2v) is 13.3. The van der Waals surface area contributed by atoms with E-state index in [2.05, 4.69) is 22.9 Å². The Morgan fingerprint density at radius 3 is 2.63 bits per heavy atom. The van der Waals surface area contributed by atoms with Crippen LogP contribution in [0.3, 0.4) is 0 Å². The zero-order valence-electron chi connectivity index (χ0n) is 27.7. The fraction of sp³-hybridized carbons (Fsp3) is 0.444. The summed E-state index contributed by atoms with van der Waals surface area (Å²) in [7, 11) is 1.38. The number of carbonyl (C=O) groups excluding carboxylic acids is 1. The van der Waals surface area contributed by atoms with Crippen LogP contribution in [0.4, 0.5) is 5.82 Å². The van der Waals surface area contributed by atoms with Gasteiger partial charge in [-0.05, 0) is 78.2 Å². The maximum atomic E-state index is 13.4. The number of rotatable bonds is 3. The number of hydrogen-bond acceptors (Lipinski definition) is 9. The van der Waals surface area contributed by atoms with Gasteiger partial charge in [0, 0.05) is 48.4 Å². The van der Waals surface area contributed by atoms with E-state index in [-0.39, 0.29) is 11.7 Å². The molecule has 3 aliphatic heterocycles. The van der Waals surface area contributed by atoms with Crippen molar-refractivity contribution in [1.29, 1.82) is 0 Å². The summed E-state index contributed by atoms with van der Waals surface area (Å²) in [6.07, 6.45) is 8.05. The zero-order chi connectivity index (χ0) is 32.6. The maximum Gasteiger partial charge on any atom is 0.339 e. The van der Waals surface area contributed by atoms with E-state index in [0.717, 1.165) is 46.8 Å². The first-order valence-corrected chi connectivity index (χ1v) is 15.9. The van der Waals surface area contributed by atoms with Crippen LogP contribution in [0.5, 0.6) is 5.75 Å². The molecule has 0 N–H and O–H groups in total. The highest BCUT2D eigenvalue weighted by molar-refractivity contribution is 5.81. The summed E-state index contributed by atoms with van der Waals surface area (Å²) in [4.78, 5) is 25.0. The minimum absolute atomic E-state index is 0.161. The molecule has 242 valence electrons. The molecule has 0 saturated carbocycles. The highest BCUT2D eigenvalue weighted by atomic mass is 16.6. The Morgan fingerprint density at radius 2 is 1.89 bits per heavy atom. The number of anilines is 1. The summed E-state index contributed by atoms with van der Waals surface area (Å²) in [5.74, 6) is 1.04. The van der Waals surface area contributed by atoms with E-state index in [1.54, 1.807) is 6.20 Å². The lowest BCUT2D eigenvalue weighted by atomic mass is 9.92. The van der Waals surface area contributed by atoms with E-state index in [0.29, 0.717) is 36.6 Å². The van der Waals surface area contributed by atoms with Gasteiger partial charge in [-0.25, -0.2) is 9.78 Å². The molecule has 6 heterocycles. The van der Waals surface area contributed by atoms with Gasteiger partial charge in [-0.1, -0.05) is 24.3 Å². The molecule has 1 saturated heterocycles. The Labute approximate surface area is 270 Å². The van der Waals surface area contributed by atoms with Gasteiger partial charge in [0.05, 0.1) is 36.2 Å². The van der Waals surface area contributed by atoms with Crippen LogP contribution in [0.15, 0.2) is 60.9 Å². The quantitative estimate of drug-likeness (QED) is 0.186. The lowest BCUT2D eigenvalue weighted by Gasteiger charge is -2.41. The number of benzene rings is 1. The summed E-state index contributed by atoms with van der Waals surface area (Å²) in [5.41, 5.74) is 4.60. The van der Waals surface area contributed by atoms with Crippen molar-refractivity contribution in [3.63, 3.8) is 0 Å². The van der Waals surface area contributed by atoms with Crippen molar-refractivity contribution >= 4 is 17.4 Å². The number of methoxy groups -OCH3 is 1. The molecule has 7 rings (SSSR count). The molecule has 6 bridgehead atoms. The van der Waals surface area contributed by atoms with Crippen LogP contribution in [0.25, 0.3) is 28.0 Å². The fourth-order valence-electron chi connectivity index (χ4n) is 6.17. The van der Waals surface area contributed by atoms with E-state index < -0.39 is 17.7 Å². The maximum absolute atomic E-state index is 13.4. The van der Waals surface area contributed by atoms with Crippen LogP contribution in [-0.4, -0.2) is 69.7 Å². The van der Waals surface area contributed by atoms with Crippen molar-refractivity contribution in [2.24, 2.45) is 0 Å². The van der Waals surface area contributed by atoms with E-state index in [4.69, 9.17) is 29.0 Å². The molecule has 10 heteroatoms. The molecule has 0 amide bonds. The predicted octanol–water partition coefficient (Wildman–Crippen LogP) is 6.51. The minimum atomic E-state index is -0.991. The first-order valence-electron chi connectivity index (χ1n) is 15.9. The molecule has 10 nitrogen and oxygen atoms in total. The smallest absolute Gasteiger partial charge is 0.339 e. The number of ether oxygens (including phenoxy) is 4. The normalized spacial score (nSPS) is 21.5. The van der Waals surface area contributed by atoms with Gasteiger partial charge in [-0.2, -0.15) is 9.61 Å². The highest BCUT2D eigenvalue weighted by Crippen LogP contribution is 2.39. The first kappa shape index (κ1) is 31.7. The van der Waals surface area contributed by atoms with Gasteiger partial charge in [0.2, 0.25) is 0 Å². The summed E-state index contributed by atoms with van der Waals surface area (Å²) >= 11 is 0. The first-order chi connectivity index (χ1) is 21.9. The molecule has 0 spiro atoms. The van der Waals surface area contributed by atoms with Crippen LogP contribution in [0.2, 0.25) is 0 Å². The minimum Gasteiger partial charge on any atom is -0.486 e. The number of piperidine rings is 1. The van der Waals surface area contributed by atoms with Gasteiger partial charge in [0.1, 0.15) is 17.7 Å². The summed E-state index contributed by atoms with van der Waals surface area (Å²) < 4.78 is 26.3. The number of aryl methyl sites for hydroxylation is 1. The average molecular weight is 626 g/mol. The molecule has 4 aromatic rings. The monoisotopic (exact) mass is 625 g/mol. The third-order valence-corrected chi connectivity index (χ3v) is 8.57. The van der Waals surface area contributed by atoms with Crippen LogP contribution < -0.4 is 9.64 Å². The van der Waals surface area contributed by atoms with E-state index in [1.165, 1.54) is 7.11 Å². The average Bonchev–Trinajstić information content (AvgIpc) is 3.45. The molecule has 1 fully saturated rings. The van der Waals surface area contributed by atoms with Crippen molar-refractivity contribution in [3.8, 4) is 28.1 Å². The Kier molecular flexibility index (Phi) is 8.60. The standard InChI is InChI=1S/C36H43N5O5/c1-23-10-9-19-44-36(6)14-17-40(18-15-36)33-31(32(34(42)43-7)46-35(3,4)5)24(2)38-30-21-28(39-41(30)33)26-12-8-11-25(20-26)27-22-37-16-13-29(27)45-23/h8-13,16,20-23,32H,14-15,17-19H2,1-7H3/b10-9+/t23?,32-/m0/s1. The van der Waals surface area contributed by atoms with Crippen LogP contribution in [0, 0.1) is 6.92 Å². The second-order valence-electron chi connectivity index (χ2n) is 13.3. The molecular weight excluding hydrogens is 582 g/mol. The number of esters is 1. The van der Waals surface area contributed by atoms with Gasteiger partial charge >= 0.3 is 5.97 Å². The van der Waals surface area contributed by atoms with Crippen molar-refractivity contribution < 1.29 is 23.7 Å². The molecule has 3 aliphatic rings. The fourth-order valence-corrected chi connectivity index (χ4v) is 6.17. The number of hydrogen-bond donors (Lipinski definition) is 0. The number of fused-ring (bicyclic) bond motifs is 6. The third-order valence-electron chi connectivity index (χ3n) is 8.57. The Morgan fingerprint density at radius 1 is 1.13 bits per heavy atom. The van der Waals surface area contributed by atoms with Crippen molar-refractivity contribution in [3.05, 3.63) is 72.2 Å². The third kappa shape index (κ3) is 6.50. The second kappa shape index (κ2) is 12.5. The molecule has 1 unspecified atom stereocenters. The summed E-state index contributed by atoms with van der Waals surface area (Å²) in [5, 5.41) is 5.13. The number of aromatic nitrogens is 4. The van der Waals surface area contributed by atoms with Crippen LogP contribution >= 0.6 is 0 Å². The van der Waals surface area contributed by atoms with Crippen LogP contribution in [-0.2, 0) is 19.0 Å². The Hall–Kier alpha value is -4.28. The van der Waals surface area contributed by atoms with Gasteiger partial charge in [-0.3, -0.25) is 4.98 Å². The zero-order valence-corrected chi connectivity index (χ0v) is 27.7. The molecule has 1 aromatic carbocycles. The van der Waals surface area contributed by atoms with Crippen molar-refractivity contribution in [2.75, 3.05) is 31.7 Å². The largest absolute Gasteiger partial charge is 0.486 e. The predicted molar refractivity (Wildman–Crippen MR) is 177 cm³/mol. The molecule has 0 radical (unpaired) electrons. The Bertz CT molecular complexity index is 1770. The summed E-state index contributed by atoms with van der Waals surface area (Å²) in [6.45, 7) is 13.8. The lowest BCUT2D eigenvalue weighted by molar-refractivity contribution is -0.164. The van der Waals surface area contributed by atoms with Crippen molar-refractivity contribution in [2.45, 2.75) is 77.8 Å². The number of carbonyl (C=O) groups is 1. The molecular formula is C36H43N5O5. The summed E-state index contributed by atoms with van der Waals surface area (Å²) in [6, 6.07) is 12.1. The van der Waals surface area contributed by atoms with Crippen LogP contribution in [0.1, 0.15) is 64.8 Å². The van der Waals surface area contributed by atoms with E-state index >= 15 is 0 Å². The van der Waals surface area contributed by atoms with Gasteiger partial charge in [0.15, 0.2) is 11.8 Å².